The van der Waals surface area contributed by atoms with Gasteiger partial charge in [0.1, 0.15) is 0 Å². The van der Waals surface area contributed by atoms with Crippen LogP contribution in [0.25, 0.3) is 0 Å². The second-order valence-corrected chi connectivity index (χ2v) is 10.7. The smallest absolute Gasteiger partial charge is 0.224 e. The van der Waals surface area contributed by atoms with E-state index in [1.807, 2.05) is 0 Å². The van der Waals surface area contributed by atoms with E-state index in [-0.39, 0.29) is 16.3 Å². The van der Waals surface area contributed by atoms with Crippen LogP contribution in [0.1, 0.15) is 18.4 Å². The molecular weight excluding hydrogens is 431 g/mol. The van der Waals surface area contributed by atoms with Crippen LogP contribution in [0.5, 0.6) is 0 Å². The van der Waals surface area contributed by atoms with Gasteiger partial charge in [0.05, 0.1) is 32.1 Å². The van der Waals surface area contributed by atoms with Crippen molar-refractivity contribution in [3.8, 4) is 0 Å². The van der Waals surface area contributed by atoms with E-state index < -0.39 is 19.9 Å². The quantitative estimate of drug-likeness (QED) is 0.717. The Labute approximate surface area is 168 Å². The third-order valence-electron chi connectivity index (χ3n) is 4.08. The fourth-order valence-electron chi connectivity index (χ4n) is 2.65. The highest BCUT2D eigenvalue weighted by atomic mass is 35.5. The van der Waals surface area contributed by atoms with E-state index in [1.54, 1.807) is 18.2 Å². The van der Waals surface area contributed by atoms with Gasteiger partial charge in [0, 0.05) is 6.26 Å². The molecule has 0 saturated carbocycles. The zero-order valence-corrected chi connectivity index (χ0v) is 17.4. The number of sulfonamides is 1. The SMILES string of the molecule is CS(=O)(=O)c1ccc(S(=O)(=O)N2CCCC(c3ccc(Cl)c(Cl)c3)=N2)cc1. The predicted molar refractivity (Wildman–Crippen MR) is 106 cm³/mol. The van der Waals surface area contributed by atoms with Crippen molar-refractivity contribution in [3.05, 3.63) is 58.1 Å². The van der Waals surface area contributed by atoms with E-state index in [4.69, 9.17) is 23.2 Å². The molecule has 10 heteroatoms. The fraction of sp³-hybridized carbons (Fsp3) is 0.235. The number of sulfone groups is 1. The first kappa shape index (κ1) is 20.1. The average Bonchev–Trinajstić information content (AvgIpc) is 2.63. The number of benzene rings is 2. The van der Waals surface area contributed by atoms with Crippen molar-refractivity contribution in [3.63, 3.8) is 0 Å². The maximum absolute atomic E-state index is 12.9. The standard InChI is InChI=1S/C17H16Cl2N2O4S2/c1-26(22,23)13-5-7-14(8-6-13)27(24,25)21-10-2-3-17(20-21)12-4-9-15(18)16(19)11-12/h4-9,11H,2-3,10H2,1H3. The molecule has 3 rings (SSSR count). The number of nitrogens with zero attached hydrogens (tertiary/aromatic N) is 2. The van der Waals surface area contributed by atoms with Crippen LogP contribution in [-0.2, 0) is 19.9 Å². The van der Waals surface area contributed by atoms with Crippen LogP contribution in [0.2, 0.25) is 10.0 Å². The summed E-state index contributed by atoms with van der Waals surface area (Å²) in [5.41, 5.74) is 1.30. The summed E-state index contributed by atoms with van der Waals surface area (Å²) in [4.78, 5) is 0.0362. The van der Waals surface area contributed by atoms with Crippen LogP contribution >= 0.6 is 23.2 Å². The van der Waals surface area contributed by atoms with E-state index in [2.05, 4.69) is 5.10 Å². The highest BCUT2D eigenvalue weighted by Crippen LogP contribution is 2.27. The van der Waals surface area contributed by atoms with Gasteiger partial charge in [-0.1, -0.05) is 29.3 Å². The fourth-order valence-corrected chi connectivity index (χ4v) is 4.88. The van der Waals surface area contributed by atoms with Crippen LogP contribution in [0.15, 0.2) is 57.4 Å². The van der Waals surface area contributed by atoms with Gasteiger partial charge in [-0.3, -0.25) is 0 Å². The zero-order chi connectivity index (χ0) is 19.8. The maximum atomic E-state index is 12.9. The van der Waals surface area contributed by atoms with Crippen molar-refractivity contribution in [2.24, 2.45) is 5.10 Å². The molecule has 0 aliphatic carbocycles. The predicted octanol–water partition coefficient (Wildman–Crippen LogP) is 3.59. The molecule has 27 heavy (non-hydrogen) atoms. The summed E-state index contributed by atoms with van der Waals surface area (Å²) in [7, 11) is -7.29. The lowest BCUT2D eigenvalue weighted by molar-refractivity contribution is 0.410. The molecule has 144 valence electrons. The molecule has 0 amide bonds. The van der Waals surface area contributed by atoms with Crippen LogP contribution < -0.4 is 0 Å². The average molecular weight is 447 g/mol. The molecule has 0 N–H and O–H groups in total. The monoisotopic (exact) mass is 446 g/mol. The summed E-state index contributed by atoms with van der Waals surface area (Å²) in [5.74, 6) is 0. The number of rotatable bonds is 4. The Morgan fingerprint density at radius 3 is 2.15 bits per heavy atom. The third-order valence-corrected chi connectivity index (χ3v) is 7.63. The molecule has 0 saturated heterocycles. The molecule has 6 nitrogen and oxygen atoms in total. The minimum Gasteiger partial charge on any atom is -0.224 e. The Kier molecular flexibility index (Phi) is 5.54. The zero-order valence-electron chi connectivity index (χ0n) is 14.3. The highest BCUT2D eigenvalue weighted by Gasteiger charge is 2.27. The minimum absolute atomic E-state index is 0.0194. The summed E-state index contributed by atoms with van der Waals surface area (Å²) >= 11 is 12.0. The van der Waals surface area contributed by atoms with Crippen molar-refractivity contribution in [1.82, 2.24) is 4.41 Å². The van der Waals surface area contributed by atoms with Gasteiger partial charge < -0.3 is 0 Å². The molecular formula is C17H16Cl2N2O4S2. The second-order valence-electron chi connectivity index (χ2n) is 6.07. The van der Waals surface area contributed by atoms with Crippen molar-refractivity contribution in [2.75, 3.05) is 12.8 Å². The Balaban J connectivity index is 1.95. The van der Waals surface area contributed by atoms with Gasteiger partial charge in [0.25, 0.3) is 10.0 Å². The summed E-state index contributed by atoms with van der Waals surface area (Å²) in [6.07, 6.45) is 2.27. The third kappa shape index (κ3) is 4.29. The first-order valence-electron chi connectivity index (χ1n) is 7.95. The lowest BCUT2D eigenvalue weighted by Crippen LogP contribution is -2.32. The number of hydrazone groups is 1. The Bertz CT molecular complexity index is 1110. The van der Waals surface area contributed by atoms with Gasteiger partial charge in [0.15, 0.2) is 9.84 Å². The molecule has 1 aliphatic rings. The molecule has 2 aromatic carbocycles. The molecule has 0 radical (unpaired) electrons. The Morgan fingerprint density at radius 1 is 0.926 bits per heavy atom. The number of halogens is 2. The van der Waals surface area contributed by atoms with E-state index in [0.29, 0.717) is 34.2 Å². The lowest BCUT2D eigenvalue weighted by atomic mass is 10.1. The van der Waals surface area contributed by atoms with Crippen LogP contribution in [0.3, 0.4) is 0 Å². The molecule has 1 heterocycles. The van der Waals surface area contributed by atoms with Gasteiger partial charge >= 0.3 is 0 Å². The molecule has 0 spiro atoms. The minimum atomic E-state index is -3.89. The van der Waals surface area contributed by atoms with Crippen molar-refractivity contribution in [2.45, 2.75) is 22.6 Å². The summed E-state index contributed by atoms with van der Waals surface area (Å²) < 4.78 is 49.9. The van der Waals surface area contributed by atoms with Crippen molar-refractivity contribution < 1.29 is 16.8 Å². The highest BCUT2D eigenvalue weighted by molar-refractivity contribution is 7.90. The maximum Gasteiger partial charge on any atom is 0.279 e. The number of hydrogen-bond donors (Lipinski definition) is 0. The van der Waals surface area contributed by atoms with Crippen LogP contribution in [0, 0.1) is 0 Å². The van der Waals surface area contributed by atoms with Crippen molar-refractivity contribution in [1.29, 1.82) is 0 Å². The summed E-state index contributed by atoms with van der Waals surface area (Å²) in [6.45, 7) is 0.237. The van der Waals surface area contributed by atoms with Gasteiger partial charge in [-0.2, -0.15) is 17.9 Å². The summed E-state index contributed by atoms with van der Waals surface area (Å²) in [5, 5.41) is 5.06. The van der Waals surface area contributed by atoms with Gasteiger partial charge in [-0.05, 0) is 54.8 Å². The number of hydrogen-bond acceptors (Lipinski definition) is 5. The topological polar surface area (TPSA) is 83.9 Å². The van der Waals surface area contributed by atoms with Gasteiger partial charge in [0.2, 0.25) is 0 Å². The molecule has 2 aromatic rings. The van der Waals surface area contributed by atoms with Crippen molar-refractivity contribution >= 4 is 48.8 Å². The molecule has 0 fully saturated rings. The van der Waals surface area contributed by atoms with Gasteiger partial charge in [-0.15, -0.1) is 0 Å². The molecule has 0 bridgehead atoms. The first-order valence-corrected chi connectivity index (χ1v) is 12.0. The van der Waals surface area contributed by atoms with Crippen LogP contribution in [0.4, 0.5) is 0 Å². The molecule has 0 atom stereocenters. The van der Waals surface area contributed by atoms with Gasteiger partial charge in [-0.25, -0.2) is 8.42 Å². The largest absolute Gasteiger partial charge is 0.279 e. The second kappa shape index (κ2) is 7.43. The van der Waals surface area contributed by atoms with E-state index in [1.165, 1.54) is 24.3 Å². The molecule has 0 unspecified atom stereocenters. The molecule has 0 aromatic heterocycles. The first-order chi connectivity index (χ1) is 12.6. The van der Waals surface area contributed by atoms with E-state index >= 15 is 0 Å². The molecule has 1 aliphatic heterocycles. The Hall–Kier alpha value is -1.61. The van der Waals surface area contributed by atoms with E-state index in [9.17, 15) is 16.8 Å². The summed E-state index contributed by atoms with van der Waals surface area (Å²) in [6, 6.07) is 10.1. The normalized spacial score (nSPS) is 15.5. The Morgan fingerprint density at radius 2 is 1.56 bits per heavy atom. The van der Waals surface area contributed by atoms with Crippen LogP contribution in [-0.4, -0.2) is 39.8 Å². The van der Waals surface area contributed by atoms with E-state index in [0.717, 1.165) is 10.7 Å². The lowest BCUT2D eigenvalue weighted by Gasteiger charge is -2.25.